The fourth-order valence-electron chi connectivity index (χ4n) is 8.31. The van der Waals surface area contributed by atoms with Crippen molar-refractivity contribution in [3.05, 3.63) is 22.8 Å². The lowest BCUT2D eigenvalue weighted by Crippen LogP contribution is -2.59. The van der Waals surface area contributed by atoms with Crippen LogP contribution in [0.3, 0.4) is 0 Å². The first-order valence-electron chi connectivity index (χ1n) is 14.0. The molecule has 9 atom stereocenters. The number of carbonyl (C=O) groups excluding carboxylic acids is 3. The van der Waals surface area contributed by atoms with Gasteiger partial charge in [0.25, 0.3) is 0 Å². The molecule has 1 N–H and O–H groups in total. The maximum Gasteiger partial charge on any atom is 0.336 e. The summed E-state index contributed by atoms with van der Waals surface area (Å²) in [6.45, 7) is 12.2. The molecule has 0 spiro atoms. The molecule has 0 saturated heterocycles. The van der Waals surface area contributed by atoms with Crippen LogP contribution < -0.4 is 0 Å². The minimum absolute atomic E-state index is 0.0427. The van der Waals surface area contributed by atoms with E-state index in [0.717, 1.165) is 38.5 Å². The Bertz CT molecular complexity index is 1060. The number of allylic oxidation sites excluding steroid dienone is 1. The zero-order valence-electron chi connectivity index (χ0n) is 22.7. The van der Waals surface area contributed by atoms with Gasteiger partial charge in [-0.1, -0.05) is 53.0 Å². The molecular weight excluding hydrogens is 456 g/mol. The van der Waals surface area contributed by atoms with E-state index in [4.69, 9.17) is 9.47 Å². The van der Waals surface area contributed by atoms with E-state index in [1.54, 1.807) is 13.8 Å². The van der Waals surface area contributed by atoms with Crippen LogP contribution in [0.15, 0.2) is 22.8 Å². The first-order chi connectivity index (χ1) is 16.8. The number of carbonyl (C=O) groups is 3. The molecule has 5 rings (SSSR count). The Morgan fingerprint density at radius 2 is 1.72 bits per heavy atom. The van der Waals surface area contributed by atoms with Crippen molar-refractivity contribution in [2.45, 2.75) is 105 Å². The van der Waals surface area contributed by atoms with Crippen LogP contribution in [0.4, 0.5) is 0 Å². The smallest absolute Gasteiger partial charge is 0.336 e. The summed E-state index contributed by atoms with van der Waals surface area (Å²) in [5, 5.41) is 11.4. The molecule has 0 bridgehead atoms. The molecule has 3 saturated carbocycles. The highest BCUT2D eigenvalue weighted by molar-refractivity contribution is 6.01. The summed E-state index contributed by atoms with van der Waals surface area (Å²) < 4.78 is 11.8. The zero-order chi connectivity index (χ0) is 26.2. The molecule has 0 unspecified atom stereocenters. The molecule has 4 aliphatic carbocycles. The van der Waals surface area contributed by atoms with Crippen LogP contribution in [0.25, 0.3) is 0 Å². The van der Waals surface area contributed by atoms with Crippen molar-refractivity contribution >= 4 is 17.7 Å². The maximum absolute atomic E-state index is 13.8. The van der Waals surface area contributed by atoms with Gasteiger partial charge >= 0.3 is 11.9 Å². The Hall–Kier alpha value is -1.95. The number of esters is 2. The lowest BCUT2D eigenvalue weighted by molar-refractivity contribution is -0.227. The van der Waals surface area contributed by atoms with E-state index in [0.29, 0.717) is 41.4 Å². The van der Waals surface area contributed by atoms with Gasteiger partial charge in [0, 0.05) is 29.4 Å². The summed E-state index contributed by atoms with van der Waals surface area (Å²) >= 11 is 0. The molecule has 5 aliphatic rings. The molecule has 198 valence electrons. The highest BCUT2D eigenvalue weighted by Crippen LogP contribution is 2.60. The second-order valence-electron chi connectivity index (χ2n) is 13.0. The zero-order valence-corrected chi connectivity index (χ0v) is 22.7. The topological polar surface area (TPSA) is 89.9 Å². The Balaban J connectivity index is 1.49. The van der Waals surface area contributed by atoms with Crippen LogP contribution in [0.5, 0.6) is 0 Å². The first kappa shape index (κ1) is 25.7. The number of rotatable bonds is 3. The van der Waals surface area contributed by atoms with E-state index in [-0.39, 0.29) is 23.0 Å². The number of aliphatic hydroxyl groups is 1. The number of hydrogen-bond acceptors (Lipinski definition) is 6. The van der Waals surface area contributed by atoms with E-state index in [9.17, 15) is 19.5 Å². The monoisotopic (exact) mass is 498 g/mol. The minimum Gasteiger partial charge on any atom is -0.456 e. The molecule has 1 aliphatic heterocycles. The summed E-state index contributed by atoms with van der Waals surface area (Å²) in [6.07, 6.45) is 8.36. The Morgan fingerprint density at radius 1 is 1.08 bits per heavy atom. The second kappa shape index (κ2) is 8.54. The van der Waals surface area contributed by atoms with E-state index >= 15 is 0 Å². The number of hydrogen-bond donors (Lipinski definition) is 1. The summed E-state index contributed by atoms with van der Waals surface area (Å²) in [5.41, 5.74) is 0.768. The van der Waals surface area contributed by atoms with Gasteiger partial charge < -0.3 is 14.6 Å². The lowest BCUT2D eigenvalue weighted by atomic mass is 9.52. The highest BCUT2D eigenvalue weighted by Gasteiger charge is 2.64. The van der Waals surface area contributed by atoms with Gasteiger partial charge in [0.15, 0.2) is 5.78 Å². The van der Waals surface area contributed by atoms with Crippen molar-refractivity contribution in [2.75, 3.05) is 0 Å². The van der Waals surface area contributed by atoms with Crippen LogP contribution in [0.2, 0.25) is 0 Å². The van der Waals surface area contributed by atoms with Crippen molar-refractivity contribution in [3.8, 4) is 0 Å². The molecule has 0 amide bonds. The fourth-order valence-corrected chi connectivity index (χ4v) is 8.31. The molecule has 0 aromatic heterocycles. The molecule has 6 heteroatoms. The Kier molecular flexibility index (Phi) is 6.09. The number of Topliss-reactive ketones (excluding diaryl/α,β-unsaturated/α-hetero) is 1. The van der Waals surface area contributed by atoms with Crippen LogP contribution >= 0.6 is 0 Å². The summed E-state index contributed by atoms with van der Waals surface area (Å²) in [5.74, 6) is -2.34. The summed E-state index contributed by atoms with van der Waals surface area (Å²) in [7, 11) is 0. The molecule has 1 heterocycles. The summed E-state index contributed by atoms with van der Waals surface area (Å²) in [6, 6.07) is 0. The molecule has 6 nitrogen and oxygen atoms in total. The van der Waals surface area contributed by atoms with Crippen molar-refractivity contribution in [2.24, 2.45) is 40.4 Å². The van der Waals surface area contributed by atoms with Crippen LogP contribution in [-0.4, -0.2) is 34.7 Å². The quantitative estimate of drug-likeness (QED) is 0.532. The molecule has 3 fully saturated rings. The number of ketones is 1. The van der Waals surface area contributed by atoms with Gasteiger partial charge in [0.1, 0.15) is 6.10 Å². The Labute approximate surface area is 214 Å². The molecular formula is C30H42O6. The number of ether oxygens (including phenoxy) is 2. The standard InChI is InChI=1S/C30H42O6/c1-16-9-7-11-20-13-23(31)22(15-28(16,20)5)18(3)26(32)35-25-24-19(4)27(33)36-30(24,34)14-21-12-8-10-17(2)29(21,25)6/h15-18,20-21,25,34H,7-14H2,1-6H3/t16-,17-,18+,20+,21+,25+,28+,29+,30+/m0/s1. The predicted molar refractivity (Wildman–Crippen MR) is 134 cm³/mol. The van der Waals surface area contributed by atoms with Crippen LogP contribution in [-0.2, 0) is 23.9 Å². The van der Waals surface area contributed by atoms with Crippen LogP contribution in [0, 0.1) is 40.4 Å². The molecule has 0 aromatic rings. The first-order valence-corrected chi connectivity index (χ1v) is 14.0. The van der Waals surface area contributed by atoms with Gasteiger partial charge in [-0.2, -0.15) is 0 Å². The SMILES string of the molecule is CC1=C2[C@@H](OC(=O)[C@H](C)C3=C[C@@]4(C)[C@H](CCC[C@@H]4C)CC3=O)[C@@]3(C)[C@H](CCC[C@@H]3C)C[C@@]2(O)OC1=O. The van der Waals surface area contributed by atoms with Crippen molar-refractivity contribution in [1.82, 2.24) is 0 Å². The van der Waals surface area contributed by atoms with Crippen molar-refractivity contribution in [3.63, 3.8) is 0 Å². The van der Waals surface area contributed by atoms with Gasteiger partial charge in [0.2, 0.25) is 5.79 Å². The minimum atomic E-state index is -1.73. The van der Waals surface area contributed by atoms with E-state index in [1.807, 2.05) is 0 Å². The maximum atomic E-state index is 13.8. The van der Waals surface area contributed by atoms with Gasteiger partial charge in [-0.15, -0.1) is 0 Å². The average molecular weight is 499 g/mol. The Morgan fingerprint density at radius 3 is 2.42 bits per heavy atom. The van der Waals surface area contributed by atoms with Crippen molar-refractivity contribution < 1.29 is 29.0 Å². The van der Waals surface area contributed by atoms with Gasteiger partial charge in [-0.3, -0.25) is 9.59 Å². The van der Waals surface area contributed by atoms with E-state index in [2.05, 4.69) is 33.8 Å². The fraction of sp³-hybridized carbons (Fsp3) is 0.767. The van der Waals surface area contributed by atoms with Gasteiger partial charge in [-0.05, 0) is 62.2 Å². The third-order valence-corrected chi connectivity index (χ3v) is 11.3. The van der Waals surface area contributed by atoms with Gasteiger partial charge in [0.05, 0.1) is 11.5 Å². The average Bonchev–Trinajstić information content (AvgIpc) is 3.04. The molecule has 0 aromatic carbocycles. The number of fused-ring (bicyclic) bond motifs is 3. The highest BCUT2D eigenvalue weighted by atomic mass is 16.7. The lowest BCUT2D eigenvalue weighted by Gasteiger charge is -2.56. The molecule has 36 heavy (non-hydrogen) atoms. The normalized spacial score (nSPS) is 45.2. The predicted octanol–water partition coefficient (Wildman–Crippen LogP) is 5.28. The van der Waals surface area contributed by atoms with Crippen molar-refractivity contribution in [1.29, 1.82) is 0 Å². The van der Waals surface area contributed by atoms with Crippen LogP contribution in [0.1, 0.15) is 92.9 Å². The third kappa shape index (κ3) is 3.57. The third-order valence-electron chi connectivity index (χ3n) is 11.3. The second-order valence-corrected chi connectivity index (χ2v) is 13.0. The van der Waals surface area contributed by atoms with E-state index in [1.165, 1.54) is 0 Å². The van der Waals surface area contributed by atoms with Gasteiger partial charge in [-0.25, -0.2) is 4.79 Å². The molecule has 0 radical (unpaired) electrons. The summed E-state index contributed by atoms with van der Waals surface area (Å²) in [4.78, 5) is 39.5. The largest absolute Gasteiger partial charge is 0.456 e. The van der Waals surface area contributed by atoms with E-state index < -0.39 is 35.2 Å².